The summed E-state index contributed by atoms with van der Waals surface area (Å²) in [6, 6.07) is 8.38. The summed E-state index contributed by atoms with van der Waals surface area (Å²) in [5, 5.41) is 0. The molecule has 0 aliphatic heterocycles. The highest BCUT2D eigenvalue weighted by molar-refractivity contribution is 5.29. The number of rotatable bonds is 5. The zero-order valence-corrected chi connectivity index (χ0v) is 9.86. The Morgan fingerprint density at radius 2 is 1.80 bits per heavy atom. The van der Waals surface area contributed by atoms with Gasteiger partial charge in [-0.25, -0.2) is 0 Å². The second-order valence-corrected chi connectivity index (χ2v) is 4.17. The molecule has 0 saturated heterocycles. The minimum atomic E-state index is 0.0826. The molecule has 0 spiro atoms. The lowest BCUT2D eigenvalue weighted by Crippen LogP contribution is -2.23. The first-order valence-electron chi connectivity index (χ1n) is 5.61. The molecule has 15 heavy (non-hydrogen) atoms. The molecule has 0 fully saturated rings. The van der Waals surface area contributed by atoms with Crippen molar-refractivity contribution < 1.29 is 4.74 Å². The number of hydrogen-bond donors (Lipinski definition) is 1. The average molecular weight is 207 g/mol. The van der Waals surface area contributed by atoms with Gasteiger partial charge in [-0.15, -0.1) is 0 Å². The number of hydrogen-bond acceptors (Lipinski definition) is 2. The van der Waals surface area contributed by atoms with Crippen molar-refractivity contribution in [2.75, 3.05) is 6.61 Å². The molecule has 0 saturated carbocycles. The number of nitrogens with two attached hydrogens (primary N) is 1. The van der Waals surface area contributed by atoms with Gasteiger partial charge in [-0.3, -0.25) is 0 Å². The number of benzene rings is 1. The van der Waals surface area contributed by atoms with E-state index in [1.54, 1.807) is 0 Å². The topological polar surface area (TPSA) is 35.2 Å². The van der Waals surface area contributed by atoms with Crippen molar-refractivity contribution in [2.24, 2.45) is 5.73 Å². The Labute approximate surface area is 92.4 Å². The zero-order chi connectivity index (χ0) is 11.3. The van der Waals surface area contributed by atoms with Crippen molar-refractivity contribution in [3.8, 4) is 5.75 Å². The molecule has 1 aromatic rings. The maximum atomic E-state index is 5.61. The summed E-state index contributed by atoms with van der Waals surface area (Å²) in [7, 11) is 0. The van der Waals surface area contributed by atoms with E-state index in [-0.39, 0.29) is 6.04 Å². The quantitative estimate of drug-likeness (QED) is 0.805. The summed E-state index contributed by atoms with van der Waals surface area (Å²) >= 11 is 0. The van der Waals surface area contributed by atoms with E-state index in [4.69, 9.17) is 10.5 Å². The van der Waals surface area contributed by atoms with E-state index in [9.17, 15) is 0 Å². The highest BCUT2D eigenvalue weighted by Crippen LogP contribution is 2.21. The lowest BCUT2D eigenvalue weighted by molar-refractivity contribution is 0.296. The fourth-order valence-electron chi connectivity index (χ4n) is 1.36. The lowest BCUT2D eigenvalue weighted by Gasteiger charge is -2.11. The SMILES string of the molecule is CCC(C)c1ccc(OC[C@@H](C)N)cc1. The number of ether oxygens (including phenoxy) is 1. The van der Waals surface area contributed by atoms with Crippen molar-refractivity contribution in [2.45, 2.75) is 39.2 Å². The third-order valence-electron chi connectivity index (χ3n) is 2.57. The van der Waals surface area contributed by atoms with Gasteiger partial charge in [0.05, 0.1) is 0 Å². The normalized spacial score (nSPS) is 14.7. The van der Waals surface area contributed by atoms with Gasteiger partial charge >= 0.3 is 0 Å². The van der Waals surface area contributed by atoms with Crippen LogP contribution in [0.15, 0.2) is 24.3 Å². The molecule has 0 aliphatic rings. The van der Waals surface area contributed by atoms with Gasteiger partial charge in [0.2, 0.25) is 0 Å². The van der Waals surface area contributed by atoms with Crippen LogP contribution < -0.4 is 10.5 Å². The largest absolute Gasteiger partial charge is 0.492 e. The van der Waals surface area contributed by atoms with Crippen LogP contribution in [0, 0.1) is 0 Å². The van der Waals surface area contributed by atoms with Crippen molar-refractivity contribution in [1.82, 2.24) is 0 Å². The molecule has 1 rings (SSSR count). The Morgan fingerprint density at radius 1 is 1.20 bits per heavy atom. The van der Waals surface area contributed by atoms with Crippen LogP contribution in [0.5, 0.6) is 5.75 Å². The monoisotopic (exact) mass is 207 g/mol. The van der Waals surface area contributed by atoms with Crippen LogP contribution in [0.2, 0.25) is 0 Å². The maximum absolute atomic E-state index is 5.61. The third kappa shape index (κ3) is 3.92. The van der Waals surface area contributed by atoms with Gasteiger partial charge in [-0.05, 0) is 37.0 Å². The van der Waals surface area contributed by atoms with Crippen molar-refractivity contribution in [3.05, 3.63) is 29.8 Å². The average Bonchev–Trinajstić information content (AvgIpc) is 2.26. The van der Waals surface area contributed by atoms with E-state index in [2.05, 4.69) is 26.0 Å². The molecular formula is C13H21NO. The van der Waals surface area contributed by atoms with Gasteiger partial charge in [0, 0.05) is 6.04 Å². The van der Waals surface area contributed by atoms with E-state index in [0.717, 1.165) is 5.75 Å². The molecule has 0 aliphatic carbocycles. The summed E-state index contributed by atoms with van der Waals surface area (Å²) in [6.45, 7) is 6.94. The van der Waals surface area contributed by atoms with Crippen LogP contribution >= 0.6 is 0 Å². The van der Waals surface area contributed by atoms with Crippen LogP contribution in [-0.4, -0.2) is 12.6 Å². The van der Waals surface area contributed by atoms with Crippen molar-refractivity contribution in [3.63, 3.8) is 0 Å². The lowest BCUT2D eigenvalue weighted by atomic mass is 9.99. The van der Waals surface area contributed by atoms with Crippen molar-refractivity contribution in [1.29, 1.82) is 0 Å². The van der Waals surface area contributed by atoms with Crippen molar-refractivity contribution >= 4 is 0 Å². The molecular weight excluding hydrogens is 186 g/mol. The highest BCUT2D eigenvalue weighted by Gasteiger charge is 2.03. The van der Waals surface area contributed by atoms with E-state index in [1.807, 2.05) is 19.1 Å². The third-order valence-corrected chi connectivity index (χ3v) is 2.57. The molecule has 84 valence electrons. The molecule has 0 radical (unpaired) electrons. The second kappa shape index (κ2) is 5.76. The second-order valence-electron chi connectivity index (χ2n) is 4.17. The smallest absolute Gasteiger partial charge is 0.119 e. The predicted octanol–water partition coefficient (Wildman–Crippen LogP) is 2.93. The van der Waals surface area contributed by atoms with E-state index >= 15 is 0 Å². The molecule has 2 N–H and O–H groups in total. The molecule has 0 aromatic heterocycles. The zero-order valence-electron chi connectivity index (χ0n) is 9.86. The van der Waals surface area contributed by atoms with Gasteiger partial charge in [0.25, 0.3) is 0 Å². The van der Waals surface area contributed by atoms with E-state index in [0.29, 0.717) is 12.5 Å². The first kappa shape index (κ1) is 12.1. The minimum Gasteiger partial charge on any atom is -0.492 e. The van der Waals surface area contributed by atoms with Gasteiger partial charge in [-0.1, -0.05) is 26.0 Å². The Morgan fingerprint density at radius 3 is 2.27 bits per heavy atom. The van der Waals surface area contributed by atoms with Gasteiger partial charge < -0.3 is 10.5 Å². The van der Waals surface area contributed by atoms with Crippen LogP contribution in [0.4, 0.5) is 0 Å². The molecule has 1 unspecified atom stereocenters. The van der Waals surface area contributed by atoms with E-state index < -0.39 is 0 Å². The summed E-state index contributed by atoms with van der Waals surface area (Å²) in [5.74, 6) is 1.52. The van der Waals surface area contributed by atoms with Gasteiger partial charge in [0.15, 0.2) is 0 Å². The summed E-state index contributed by atoms with van der Waals surface area (Å²) < 4.78 is 5.51. The molecule has 0 amide bonds. The first-order valence-corrected chi connectivity index (χ1v) is 5.61. The van der Waals surface area contributed by atoms with Gasteiger partial charge in [0.1, 0.15) is 12.4 Å². The Kier molecular flexibility index (Phi) is 4.63. The first-order chi connectivity index (χ1) is 7.13. The fraction of sp³-hybridized carbons (Fsp3) is 0.538. The summed E-state index contributed by atoms with van der Waals surface area (Å²) in [5.41, 5.74) is 6.98. The van der Waals surface area contributed by atoms with Gasteiger partial charge in [-0.2, -0.15) is 0 Å². The van der Waals surface area contributed by atoms with Crippen LogP contribution in [0.25, 0.3) is 0 Å². The molecule has 2 heteroatoms. The molecule has 0 heterocycles. The minimum absolute atomic E-state index is 0.0826. The highest BCUT2D eigenvalue weighted by atomic mass is 16.5. The summed E-state index contributed by atoms with van der Waals surface area (Å²) in [4.78, 5) is 0. The molecule has 0 bridgehead atoms. The van der Waals surface area contributed by atoms with Crippen LogP contribution in [0.3, 0.4) is 0 Å². The Balaban J connectivity index is 2.56. The Bertz CT molecular complexity index is 279. The predicted molar refractivity (Wildman–Crippen MR) is 64.3 cm³/mol. The van der Waals surface area contributed by atoms with E-state index in [1.165, 1.54) is 12.0 Å². The summed E-state index contributed by atoms with van der Waals surface area (Å²) in [6.07, 6.45) is 1.17. The molecule has 2 nitrogen and oxygen atoms in total. The molecule has 2 atom stereocenters. The van der Waals surface area contributed by atoms with Crippen LogP contribution in [-0.2, 0) is 0 Å². The maximum Gasteiger partial charge on any atom is 0.119 e. The van der Waals surface area contributed by atoms with Crippen LogP contribution in [0.1, 0.15) is 38.7 Å². The fourth-order valence-corrected chi connectivity index (χ4v) is 1.36. The molecule has 1 aromatic carbocycles. The Hall–Kier alpha value is -1.02. The standard InChI is InChI=1S/C13H21NO/c1-4-10(2)12-5-7-13(8-6-12)15-9-11(3)14/h5-8,10-11H,4,9,14H2,1-3H3/t10?,11-/m1/s1.